The second-order valence-electron chi connectivity index (χ2n) is 9.54. The zero-order valence-electron chi connectivity index (χ0n) is 21.7. The van der Waals surface area contributed by atoms with Gasteiger partial charge in [0.2, 0.25) is 11.8 Å². The zero-order chi connectivity index (χ0) is 27.3. The molecule has 0 aliphatic carbocycles. The van der Waals surface area contributed by atoms with Crippen LogP contribution in [-0.4, -0.2) is 64.3 Å². The Labute approximate surface area is 213 Å². The van der Waals surface area contributed by atoms with E-state index in [4.69, 9.17) is 9.84 Å². The van der Waals surface area contributed by atoms with Crippen molar-refractivity contribution in [2.24, 2.45) is 17.8 Å². The number of aliphatic carboxylic acids is 1. The van der Waals surface area contributed by atoms with E-state index >= 15 is 0 Å². The number of amides is 2. The Morgan fingerprint density at radius 2 is 1.72 bits per heavy atom. The highest BCUT2D eigenvalue weighted by Gasteiger charge is 2.27. The molecule has 9 nitrogen and oxygen atoms in total. The number of hydrogen-bond donors (Lipinski definition) is 4. The number of imide groups is 1. The van der Waals surface area contributed by atoms with Gasteiger partial charge in [-0.3, -0.25) is 19.7 Å². The molecular weight excluding hydrogens is 466 g/mol. The smallest absolute Gasteiger partial charge is 0.327 e. The van der Waals surface area contributed by atoms with Crippen LogP contribution in [0.3, 0.4) is 0 Å². The summed E-state index contributed by atoms with van der Waals surface area (Å²) in [6, 6.07) is 0. The zero-order valence-corrected chi connectivity index (χ0v) is 21.7. The van der Waals surface area contributed by atoms with Gasteiger partial charge in [-0.15, -0.1) is 0 Å². The first kappa shape index (κ1) is 31.4. The highest BCUT2D eigenvalue weighted by Crippen LogP contribution is 2.23. The van der Waals surface area contributed by atoms with Crippen molar-refractivity contribution in [3.8, 4) is 0 Å². The first-order valence-electron chi connectivity index (χ1n) is 12.4. The van der Waals surface area contributed by atoms with Gasteiger partial charge in [0.1, 0.15) is 11.9 Å². The van der Waals surface area contributed by atoms with Gasteiger partial charge >= 0.3 is 5.97 Å². The Morgan fingerprint density at radius 3 is 2.31 bits per heavy atom. The van der Waals surface area contributed by atoms with Crippen LogP contribution in [-0.2, 0) is 23.9 Å². The number of allylic oxidation sites excluding steroid dienone is 2. The maximum absolute atomic E-state index is 12.6. The third-order valence-electron chi connectivity index (χ3n) is 6.47. The fourth-order valence-electron chi connectivity index (χ4n) is 4.27. The molecule has 2 amide bonds. The molecule has 0 spiro atoms. The van der Waals surface area contributed by atoms with Gasteiger partial charge < -0.3 is 20.1 Å². The second kappa shape index (κ2) is 16.2. The summed E-state index contributed by atoms with van der Waals surface area (Å²) in [6.45, 7) is 5.18. The number of unbranched alkanes of at least 4 members (excludes halogenated alkanes) is 1. The molecule has 0 bridgehead atoms. The highest BCUT2D eigenvalue weighted by atomic mass is 16.5. The summed E-state index contributed by atoms with van der Waals surface area (Å²) in [6.07, 6.45) is 8.60. The third kappa shape index (κ3) is 11.4. The van der Waals surface area contributed by atoms with E-state index in [1.54, 1.807) is 39.0 Å². The van der Waals surface area contributed by atoms with Gasteiger partial charge in [0.25, 0.3) is 0 Å². The van der Waals surface area contributed by atoms with Crippen LogP contribution in [0.2, 0.25) is 0 Å². The van der Waals surface area contributed by atoms with E-state index in [-0.39, 0.29) is 35.9 Å². The lowest BCUT2D eigenvalue weighted by molar-refractivity contribution is -0.135. The number of ketones is 1. The predicted molar refractivity (Wildman–Crippen MR) is 135 cm³/mol. The Morgan fingerprint density at radius 1 is 1.11 bits per heavy atom. The molecule has 0 radical (unpaired) electrons. The molecule has 1 rings (SSSR count). The Kier molecular flexibility index (Phi) is 14.1. The molecule has 0 aromatic carbocycles. The number of rotatable bonds is 16. The van der Waals surface area contributed by atoms with Crippen molar-refractivity contribution in [2.75, 3.05) is 7.11 Å². The highest BCUT2D eigenvalue weighted by molar-refractivity contribution is 5.97. The molecule has 202 valence electrons. The van der Waals surface area contributed by atoms with Crippen LogP contribution in [0.4, 0.5) is 0 Å². The summed E-state index contributed by atoms with van der Waals surface area (Å²) in [5.41, 5.74) is 0.578. The Balaban J connectivity index is 2.57. The van der Waals surface area contributed by atoms with Crippen LogP contribution < -0.4 is 5.32 Å². The van der Waals surface area contributed by atoms with E-state index in [1.165, 1.54) is 7.11 Å². The van der Waals surface area contributed by atoms with Gasteiger partial charge in [-0.05, 0) is 44.1 Å². The van der Waals surface area contributed by atoms with Gasteiger partial charge in [-0.25, -0.2) is 4.79 Å². The molecule has 4 N–H and O–H groups in total. The minimum Gasteiger partial charge on any atom is -0.478 e. The predicted octanol–water partition coefficient (Wildman–Crippen LogP) is 2.71. The van der Waals surface area contributed by atoms with Crippen LogP contribution in [0.5, 0.6) is 0 Å². The number of aliphatic hydroxyl groups excluding tert-OH is 2. The van der Waals surface area contributed by atoms with E-state index in [2.05, 4.69) is 5.32 Å². The van der Waals surface area contributed by atoms with Gasteiger partial charge in [0, 0.05) is 44.3 Å². The van der Waals surface area contributed by atoms with E-state index in [0.717, 1.165) is 6.08 Å². The van der Waals surface area contributed by atoms with Crippen molar-refractivity contribution in [1.29, 1.82) is 0 Å². The summed E-state index contributed by atoms with van der Waals surface area (Å²) >= 11 is 0. The fourth-order valence-corrected chi connectivity index (χ4v) is 4.27. The largest absolute Gasteiger partial charge is 0.478 e. The topological polar surface area (TPSA) is 150 Å². The maximum Gasteiger partial charge on any atom is 0.327 e. The SMILES string of the molecule is CO[C@@H](/C=C/CC/C=C/C(=O)O)[C@@H](O)[C@H](C)/C=C(\C)[C@H](O)[C@H](C)C(=O)CCCC1CC(=O)NC(=O)C1. The van der Waals surface area contributed by atoms with Crippen molar-refractivity contribution >= 4 is 23.6 Å². The minimum absolute atomic E-state index is 0.0489. The average molecular weight is 508 g/mol. The van der Waals surface area contributed by atoms with Gasteiger partial charge in [-0.2, -0.15) is 0 Å². The molecule has 1 heterocycles. The second-order valence-corrected chi connectivity index (χ2v) is 9.54. The number of Topliss-reactive ketones (excluding diaryl/α,β-unsaturated/α-hetero) is 1. The number of carbonyl (C=O) groups is 4. The lowest BCUT2D eigenvalue weighted by Crippen LogP contribution is -2.38. The van der Waals surface area contributed by atoms with E-state index < -0.39 is 30.2 Å². The summed E-state index contributed by atoms with van der Waals surface area (Å²) in [4.78, 5) is 46.0. The maximum atomic E-state index is 12.6. The number of carboxylic acids is 1. The average Bonchev–Trinajstić information content (AvgIpc) is 2.81. The van der Waals surface area contributed by atoms with Crippen LogP contribution >= 0.6 is 0 Å². The standard InChI is InChI=1S/C27H41NO8/c1-17(14-18(2)27(35)22(36-4)12-7-5-6-8-13-25(32)33)26(34)19(3)21(29)11-9-10-20-15-23(30)28-24(31)16-20/h7-8,12-14,18-20,22,26-27,34-35H,5-6,9-11,15-16H2,1-4H3,(H,32,33)(H,28,30,31)/b12-7+,13-8+,17-14+/t18-,19-,22+,26+,27+/m1/s1. The van der Waals surface area contributed by atoms with Crippen LogP contribution in [0.1, 0.15) is 65.7 Å². The van der Waals surface area contributed by atoms with Crippen LogP contribution in [0.25, 0.3) is 0 Å². The minimum atomic E-state index is -0.994. The van der Waals surface area contributed by atoms with Crippen LogP contribution in [0.15, 0.2) is 36.0 Å². The van der Waals surface area contributed by atoms with Crippen molar-refractivity contribution in [3.05, 3.63) is 36.0 Å². The normalized spacial score (nSPS) is 19.8. The molecule has 1 aliphatic rings. The van der Waals surface area contributed by atoms with Crippen LogP contribution in [0, 0.1) is 17.8 Å². The van der Waals surface area contributed by atoms with Gasteiger partial charge in [0.15, 0.2) is 0 Å². The summed E-state index contributed by atoms with van der Waals surface area (Å²) in [7, 11) is 1.48. The molecule has 0 saturated carbocycles. The summed E-state index contributed by atoms with van der Waals surface area (Å²) in [5.74, 6) is -2.68. The number of methoxy groups -OCH3 is 1. The number of carboxylic acid groups (broad SMARTS) is 1. The molecule has 1 aliphatic heterocycles. The molecule has 9 heteroatoms. The molecule has 0 unspecified atom stereocenters. The molecular formula is C27H41NO8. The van der Waals surface area contributed by atoms with E-state index in [0.29, 0.717) is 44.1 Å². The van der Waals surface area contributed by atoms with Crippen molar-refractivity contribution in [1.82, 2.24) is 5.32 Å². The number of aliphatic hydroxyl groups is 2. The molecule has 36 heavy (non-hydrogen) atoms. The van der Waals surface area contributed by atoms with E-state index in [1.807, 2.05) is 6.08 Å². The number of piperidine rings is 1. The number of carbonyl (C=O) groups excluding carboxylic acids is 3. The monoisotopic (exact) mass is 507 g/mol. The van der Waals surface area contributed by atoms with Crippen molar-refractivity contribution in [3.63, 3.8) is 0 Å². The molecule has 1 saturated heterocycles. The third-order valence-corrected chi connectivity index (χ3v) is 6.47. The summed E-state index contributed by atoms with van der Waals surface area (Å²) < 4.78 is 5.37. The molecule has 0 aromatic heterocycles. The first-order valence-corrected chi connectivity index (χ1v) is 12.4. The van der Waals surface area contributed by atoms with Crippen molar-refractivity contribution < 1.29 is 39.2 Å². The quantitative estimate of drug-likeness (QED) is 0.108. The summed E-state index contributed by atoms with van der Waals surface area (Å²) in [5, 5.41) is 32.3. The lowest BCUT2D eigenvalue weighted by atomic mass is 9.87. The molecule has 5 atom stereocenters. The van der Waals surface area contributed by atoms with Gasteiger partial charge in [0.05, 0.1) is 12.2 Å². The molecule has 0 aromatic rings. The van der Waals surface area contributed by atoms with Gasteiger partial charge in [-0.1, -0.05) is 38.2 Å². The number of ether oxygens (including phenoxy) is 1. The molecule has 1 fully saturated rings. The van der Waals surface area contributed by atoms with Crippen molar-refractivity contribution in [2.45, 2.75) is 84.0 Å². The number of hydrogen-bond acceptors (Lipinski definition) is 7. The first-order chi connectivity index (χ1) is 17.0. The van der Waals surface area contributed by atoms with E-state index in [9.17, 15) is 29.4 Å². The lowest BCUT2D eigenvalue weighted by Gasteiger charge is -2.25. The Bertz CT molecular complexity index is 831. The fraction of sp³-hybridized carbons (Fsp3) is 0.630. The number of nitrogens with one attached hydrogen (secondary N) is 1. The Hall–Kier alpha value is -2.62.